The van der Waals surface area contributed by atoms with Crippen LogP contribution in [0.1, 0.15) is 23.3 Å². The molecule has 0 aromatic carbocycles. The maximum absolute atomic E-state index is 5.82. The summed E-state index contributed by atoms with van der Waals surface area (Å²) in [6.07, 6.45) is 5.20. The standard InChI is InChI=1S/C20H28ClN5S.HI/c1-22-20(23-9-6-16-4-5-19(21)24-13-16)25-14-17-7-10-26(11-8-17)15-18-3-2-12-27-18;/h2-5,12-13,17H,6-11,14-15H2,1H3,(H2,22,23,25);1H. The molecule has 1 aliphatic rings. The number of halogens is 2. The van der Waals surface area contributed by atoms with Crippen LogP contribution in [-0.4, -0.2) is 49.1 Å². The SMILES string of the molecule is CN=C(NCCc1ccc(Cl)nc1)NCC1CCN(Cc2cccs2)CC1.I. The van der Waals surface area contributed by atoms with Crippen molar-refractivity contribution in [2.24, 2.45) is 10.9 Å². The van der Waals surface area contributed by atoms with Crippen molar-refractivity contribution in [3.8, 4) is 0 Å². The number of rotatable bonds is 7. The van der Waals surface area contributed by atoms with E-state index in [0.29, 0.717) is 11.1 Å². The summed E-state index contributed by atoms with van der Waals surface area (Å²) in [7, 11) is 1.82. The molecule has 0 atom stereocenters. The van der Waals surface area contributed by atoms with E-state index in [4.69, 9.17) is 11.6 Å². The van der Waals surface area contributed by atoms with E-state index in [1.807, 2.05) is 36.7 Å². The average Bonchev–Trinajstić information content (AvgIpc) is 3.20. The Hall–Kier alpha value is -0.900. The van der Waals surface area contributed by atoms with Crippen LogP contribution in [0.3, 0.4) is 0 Å². The van der Waals surface area contributed by atoms with Crippen LogP contribution in [0.2, 0.25) is 5.15 Å². The fourth-order valence-electron chi connectivity index (χ4n) is 3.31. The Bertz CT molecular complexity index is 700. The summed E-state index contributed by atoms with van der Waals surface area (Å²) >= 11 is 7.67. The van der Waals surface area contributed by atoms with Gasteiger partial charge in [0, 0.05) is 37.8 Å². The van der Waals surface area contributed by atoms with Crippen molar-refractivity contribution in [1.29, 1.82) is 0 Å². The minimum atomic E-state index is 0. The van der Waals surface area contributed by atoms with E-state index in [-0.39, 0.29) is 24.0 Å². The molecule has 0 aliphatic carbocycles. The van der Waals surface area contributed by atoms with E-state index in [9.17, 15) is 0 Å². The molecule has 0 bridgehead atoms. The van der Waals surface area contributed by atoms with E-state index < -0.39 is 0 Å². The van der Waals surface area contributed by atoms with Crippen LogP contribution in [-0.2, 0) is 13.0 Å². The van der Waals surface area contributed by atoms with Crippen LogP contribution in [0.4, 0.5) is 0 Å². The number of nitrogens with zero attached hydrogens (tertiary/aromatic N) is 3. The van der Waals surface area contributed by atoms with Crippen molar-refractivity contribution in [2.45, 2.75) is 25.8 Å². The fraction of sp³-hybridized carbons (Fsp3) is 0.500. The van der Waals surface area contributed by atoms with Gasteiger partial charge in [0.2, 0.25) is 0 Å². The summed E-state index contributed by atoms with van der Waals surface area (Å²) < 4.78 is 0. The number of guanidine groups is 1. The highest BCUT2D eigenvalue weighted by molar-refractivity contribution is 14.0. The van der Waals surface area contributed by atoms with Crippen molar-refractivity contribution in [3.63, 3.8) is 0 Å². The number of nitrogens with one attached hydrogen (secondary N) is 2. The van der Waals surface area contributed by atoms with Crippen molar-refractivity contribution in [1.82, 2.24) is 20.5 Å². The van der Waals surface area contributed by atoms with Gasteiger partial charge in [0.15, 0.2) is 5.96 Å². The van der Waals surface area contributed by atoms with Gasteiger partial charge < -0.3 is 10.6 Å². The molecule has 28 heavy (non-hydrogen) atoms. The predicted octanol–water partition coefficient (Wildman–Crippen LogP) is 4.03. The molecule has 1 saturated heterocycles. The topological polar surface area (TPSA) is 52.6 Å². The van der Waals surface area contributed by atoms with Crippen molar-refractivity contribution in [2.75, 3.05) is 33.2 Å². The number of pyridine rings is 1. The molecular weight excluding hydrogens is 505 g/mol. The third kappa shape index (κ3) is 7.85. The van der Waals surface area contributed by atoms with Gasteiger partial charge in [-0.25, -0.2) is 4.98 Å². The molecule has 0 saturated carbocycles. The molecule has 1 fully saturated rings. The summed E-state index contributed by atoms with van der Waals surface area (Å²) in [5.74, 6) is 1.58. The molecule has 3 heterocycles. The van der Waals surface area contributed by atoms with Gasteiger partial charge >= 0.3 is 0 Å². The lowest BCUT2D eigenvalue weighted by Crippen LogP contribution is -2.43. The summed E-state index contributed by atoms with van der Waals surface area (Å²) in [4.78, 5) is 12.5. The first-order valence-corrected chi connectivity index (χ1v) is 10.8. The Morgan fingerprint density at radius 1 is 1.29 bits per heavy atom. The molecule has 154 valence electrons. The number of aliphatic imine (C=N–C) groups is 1. The number of thiophene rings is 1. The molecule has 0 radical (unpaired) electrons. The smallest absolute Gasteiger partial charge is 0.190 e. The number of likely N-dealkylation sites (tertiary alicyclic amines) is 1. The zero-order valence-electron chi connectivity index (χ0n) is 16.2. The third-order valence-corrected chi connectivity index (χ3v) is 6.03. The summed E-state index contributed by atoms with van der Waals surface area (Å²) in [6.45, 7) is 5.26. The fourth-order valence-corrected chi connectivity index (χ4v) is 4.17. The van der Waals surface area contributed by atoms with Gasteiger partial charge in [-0.1, -0.05) is 23.7 Å². The van der Waals surface area contributed by atoms with Crippen molar-refractivity contribution < 1.29 is 0 Å². The van der Waals surface area contributed by atoms with E-state index in [2.05, 4.69) is 43.0 Å². The van der Waals surface area contributed by atoms with Gasteiger partial charge in [-0.2, -0.15) is 0 Å². The zero-order valence-corrected chi connectivity index (χ0v) is 20.1. The second-order valence-electron chi connectivity index (χ2n) is 6.92. The van der Waals surface area contributed by atoms with Crippen LogP contribution in [0.5, 0.6) is 0 Å². The first-order chi connectivity index (χ1) is 13.2. The van der Waals surface area contributed by atoms with Gasteiger partial charge in [0.05, 0.1) is 0 Å². The molecule has 0 unspecified atom stereocenters. The normalized spacial score (nSPS) is 15.9. The summed E-state index contributed by atoms with van der Waals surface area (Å²) in [5.41, 5.74) is 1.17. The molecule has 2 aromatic heterocycles. The Morgan fingerprint density at radius 3 is 2.75 bits per heavy atom. The quantitative estimate of drug-likeness (QED) is 0.244. The second-order valence-corrected chi connectivity index (χ2v) is 8.34. The van der Waals surface area contributed by atoms with Crippen LogP contribution < -0.4 is 10.6 Å². The Labute approximate surface area is 194 Å². The Balaban J connectivity index is 0.00000280. The average molecular weight is 534 g/mol. The molecule has 2 aromatic rings. The van der Waals surface area contributed by atoms with Gasteiger partial charge in [-0.15, -0.1) is 35.3 Å². The third-order valence-electron chi connectivity index (χ3n) is 4.94. The molecular formula is C20H29ClIN5S. The highest BCUT2D eigenvalue weighted by atomic mass is 127. The molecule has 1 aliphatic heterocycles. The molecule has 8 heteroatoms. The second kappa shape index (κ2) is 12.6. The van der Waals surface area contributed by atoms with E-state index in [0.717, 1.165) is 32.0 Å². The zero-order chi connectivity index (χ0) is 18.9. The highest BCUT2D eigenvalue weighted by Gasteiger charge is 2.19. The molecule has 0 amide bonds. The van der Waals surface area contributed by atoms with Gasteiger partial charge in [-0.3, -0.25) is 9.89 Å². The largest absolute Gasteiger partial charge is 0.356 e. The van der Waals surface area contributed by atoms with Crippen LogP contribution >= 0.6 is 46.9 Å². The lowest BCUT2D eigenvalue weighted by atomic mass is 9.97. The molecule has 0 spiro atoms. The monoisotopic (exact) mass is 533 g/mol. The summed E-state index contributed by atoms with van der Waals surface area (Å²) in [6, 6.07) is 8.21. The van der Waals surface area contributed by atoms with Crippen LogP contribution in [0, 0.1) is 5.92 Å². The van der Waals surface area contributed by atoms with E-state index in [1.165, 1.54) is 36.4 Å². The number of aromatic nitrogens is 1. The first kappa shape index (κ1) is 23.4. The van der Waals surface area contributed by atoms with Crippen molar-refractivity contribution >= 4 is 52.9 Å². The number of piperidine rings is 1. The van der Waals surface area contributed by atoms with Crippen LogP contribution in [0.25, 0.3) is 0 Å². The maximum Gasteiger partial charge on any atom is 0.190 e. The Kier molecular flexibility index (Phi) is 10.5. The number of hydrogen-bond donors (Lipinski definition) is 2. The van der Waals surface area contributed by atoms with Gasteiger partial charge in [0.25, 0.3) is 0 Å². The molecule has 3 rings (SSSR count). The Morgan fingerprint density at radius 2 is 2.11 bits per heavy atom. The van der Waals surface area contributed by atoms with E-state index >= 15 is 0 Å². The van der Waals surface area contributed by atoms with Crippen molar-refractivity contribution in [3.05, 3.63) is 51.4 Å². The van der Waals surface area contributed by atoms with E-state index in [1.54, 1.807) is 0 Å². The van der Waals surface area contributed by atoms with Crippen LogP contribution in [0.15, 0.2) is 40.8 Å². The lowest BCUT2D eigenvalue weighted by molar-refractivity contribution is 0.179. The number of hydrogen-bond acceptors (Lipinski definition) is 4. The lowest BCUT2D eigenvalue weighted by Gasteiger charge is -2.32. The summed E-state index contributed by atoms with van der Waals surface area (Å²) in [5, 5.41) is 9.55. The predicted molar refractivity (Wildman–Crippen MR) is 130 cm³/mol. The van der Waals surface area contributed by atoms with Gasteiger partial charge in [-0.05, 0) is 61.3 Å². The maximum atomic E-state index is 5.82. The molecule has 2 N–H and O–H groups in total. The van der Waals surface area contributed by atoms with Gasteiger partial charge in [0.1, 0.15) is 5.15 Å². The minimum absolute atomic E-state index is 0. The first-order valence-electron chi connectivity index (χ1n) is 9.52. The highest BCUT2D eigenvalue weighted by Crippen LogP contribution is 2.20. The molecule has 5 nitrogen and oxygen atoms in total. The minimum Gasteiger partial charge on any atom is -0.356 e.